The fourth-order valence-corrected chi connectivity index (χ4v) is 2.87. The molecule has 0 spiro atoms. The summed E-state index contributed by atoms with van der Waals surface area (Å²) in [5.74, 6) is 0.0275. The molecule has 0 radical (unpaired) electrons. The van der Waals surface area contributed by atoms with Gasteiger partial charge in [0.2, 0.25) is 5.91 Å². The number of rotatable bonds is 3. The number of hydrogen-bond donors (Lipinski definition) is 2. The number of carbonyl (C=O) groups is 2. The van der Waals surface area contributed by atoms with Crippen LogP contribution in [0, 0.1) is 19.8 Å². The van der Waals surface area contributed by atoms with Crippen molar-refractivity contribution in [2.24, 2.45) is 5.92 Å². The number of aryl methyl sites for hydroxylation is 2. The minimum Gasteiger partial charge on any atom is -0.336 e. The number of piperidine rings is 1. The summed E-state index contributed by atoms with van der Waals surface area (Å²) in [5.41, 5.74) is 3.14. The fraction of sp³-hybridized carbons (Fsp3) is 0.556. The lowest BCUT2D eigenvalue weighted by molar-refractivity contribution is -0.121. The molecule has 1 aromatic carbocycles. The molecule has 0 saturated carbocycles. The lowest BCUT2D eigenvalue weighted by Gasteiger charge is -2.32. The van der Waals surface area contributed by atoms with Crippen molar-refractivity contribution in [2.75, 3.05) is 18.4 Å². The lowest BCUT2D eigenvalue weighted by Crippen LogP contribution is -2.47. The highest BCUT2D eigenvalue weighted by molar-refractivity contribution is 5.93. The second kappa shape index (κ2) is 7.49. The minimum atomic E-state index is -0.0340. The number of urea groups is 1. The predicted molar refractivity (Wildman–Crippen MR) is 92.5 cm³/mol. The highest BCUT2D eigenvalue weighted by Gasteiger charge is 2.27. The number of nitrogens with one attached hydrogen (secondary N) is 2. The molecule has 1 saturated heterocycles. The number of anilines is 1. The maximum atomic E-state index is 12.4. The summed E-state index contributed by atoms with van der Waals surface area (Å²) < 4.78 is 0. The third-order valence-electron chi connectivity index (χ3n) is 4.20. The summed E-state index contributed by atoms with van der Waals surface area (Å²) in [4.78, 5) is 26.2. The molecule has 5 nitrogen and oxygen atoms in total. The van der Waals surface area contributed by atoms with Crippen LogP contribution in [0.15, 0.2) is 18.2 Å². The summed E-state index contributed by atoms with van der Waals surface area (Å²) in [6.07, 6.45) is 1.42. The first-order valence-electron chi connectivity index (χ1n) is 8.30. The third kappa shape index (κ3) is 4.71. The lowest BCUT2D eigenvalue weighted by atomic mass is 9.95. The third-order valence-corrected chi connectivity index (χ3v) is 4.20. The Morgan fingerprint density at radius 1 is 1.17 bits per heavy atom. The van der Waals surface area contributed by atoms with E-state index in [4.69, 9.17) is 0 Å². The van der Waals surface area contributed by atoms with Gasteiger partial charge in [0.05, 0.1) is 0 Å². The van der Waals surface area contributed by atoms with Crippen LogP contribution < -0.4 is 10.6 Å². The predicted octanol–water partition coefficient (Wildman–Crippen LogP) is 3.07. The number of nitrogens with zero attached hydrogens (tertiary/aromatic N) is 1. The van der Waals surface area contributed by atoms with Crippen molar-refractivity contribution in [3.63, 3.8) is 0 Å². The van der Waals surface area contributed by atoms with E-state index in [-0.39, 0.29) is 23.9 Å². The molecule has 1 heterocycles. The van der Waals surface area contributed by atoms with Crippen molar-refractivity contribution in [1.29, 1.82) is 0 Å². The average Bonchev–Trinajstić information content (AvgIpc) is 2.49. The van der Waals surface area contributed by atoms with E-state index in [9.17, 15) is 9.59 Å². The average molecular weight is 317 g/mol. The van der Waals surface area contributed by atoms with Crippen LogP contribution in [0.1, 0.15) is 37.8 Å². The number of carbonyl (C=O) groups excluding carboxylic acids is 2. The Morgan fingerprint density at radius 3 is 2.39 bits per heavy atom. The van der Waals surface area contributed by atoms with Gasteiger partial charge in [0.25, 0.3) is 0 Å². The van der Waals surface area contributed by atoms with Gasteiger partial charge < -0.3 is 15.5 Å². The van der Waals surface area contributed by atoms with Gasteiger partial charge in [-0.05, 0) is 52.2 Å². The number of hydrogen-bond acceptors (Lipinski definition) is 2. The van der Waals surface area contributed by atoms with Gasteiger partial charge in [-0.25, -0.2) is 4.79 Å². The molecule has 0 aliphatic carbocycles. The monoisotopic (exact) mass is 317 g/mol. The molecule has 2 rings (SSSR count). The van der Waals surface area contributed by atoms with Crippen LogP contribution in [0.2, 0.25) is 0 Å². The second-order valence-electron chi connectivity index (χ2n) is 6.67. The van der Waals surface area contributed by atoms with Gasteiger partial charge in [-0.2, -0.15) is 0 Å². The molecule has 1 aliphatic rings. The molecular weight excluding hydrogens is 290 g/mol. The molecule has 0 aromatic heterocycles. The standard InChI is InChI=1S/C18H27N3O2/c1-12(2)19-18(23)21-9-7-15(8-10-21)17(22)20-16-6-5-13(3)11-14(16)4/h5-6,11-12,15H,7-10H2,1-4H3,(H,19,23)(H,20,22). The molecule has 0 unspecified atom stereocenters. The first-order chi connectivity index (χ1) is 10.9. The van der Waals surface area contributed by atoms with Gasteiger partial charge in [0, 0.05) is 30.7 Å². The summed E-state index contributed by atoms with van der Waals surface area (Å²) >= 11 is 0. The van der Waals surface area contributed by atoms with E-state index < -0.39 is 0 Å². The molecule has 1 aromatic rings. The zero-order valence-corrected chi connectivity index (χ0v) is 14.5. The molecule has 3 amide bonds. The smallest absolute Gasteiger partial charge is 0.317 e. The summed E-state index contributed by atoms with van der Waals surface area (Å²) in [7, 11) is 0. The van der Waals surface area contributed by atoms with Crippen LogP contribution in [-0.4, -0.2) is 36.0 Å². The zero-order chi connectivity index (χ0) is 17.0. The molecule has 126 valence electrons. The SMILES string of the molecule is Cc1ccc(NC(=O)C2CCN(C(=O)NC(C)C)CC2)c(C)c1. The van der Waals surface area contributed by atoms with Gasteiger partial charge in [-0.3, -0.25) is 4.79 Å². The van der Waals surface area contributed by atoms with Crippen LogP contribution in [0.25, 0.3) is 0 Å². The zero-order valence-electron chi connectivity index (χ0n) is 14.5. The van der Waals surface area contributed by atoms with Crippen LogP contribution in [0.3, 0.4) is 0 Å². The minimum absolute atomic E-state index is 0.0289. The van der Waals surface area contributed by atoms with Crippen molar-refractivity contribution < 1.29 is 9.59 Å². The van der Waals surface area contributed by atoms with Gasteiger partial charge >= 0.3 is 6.03 Å². The summed E-state index contributed by atoms with van der Waals surface area (Å²) in [6, 6.07) is 6.12. The van der Waals surface area contributed by atoms with E-state index in [1.165, 1.54) is 5.56 Å². The van der Waals surface area contributed by atoms with Crippen LogP contribution in [0.4, 0.5) is 10.5 Å². The molecule has 0 bridgehead atoms. The topological polar surface area (TPSA) is 61.4 Å². The van der Waals surface area contributed by atoms with Crippen molar-refractivity contribution >= 4 is 17.6 Å². The normalized spacial score (nSPS) is 15.6. The van der Waals surface area contributed by atoms with Gasteiger partial charge in [0.1, 0.15) is 0 Å². The maximum Gasteiger partial charge on any atom is 0.317 e. The molecule has 2 N–H and O–H groups in total. The van der Waals surface area contributed by atoms with Crippen molar-refractivity contribution in [1.82, 2.24) is 10.2 Å². The van der Waals surface area contributed by atoms with E-state index >= 15 is 0 Å². The van der Waals surface area contributed by atoms with E-state index in [2.05, 4.69) is 16.7 Å². The van der Waals surface area contributed by atoms with E-state index in [0.717, 1.165) is 11.3 Å². The Balaban J connectivity index is 1.87. The molecule has 1 aliphatic heterocycles. The van der Waals surface area contributed by atoms with Crippen LogP contribution >= 0.6 is 0 Å². The van der Waals surface area contributed by atoms with Crippen molar-refractivity contribution in [3.05, 3.63) is 29.3 Å². The Hall–Kier alpha value is -2.04. The molecule has 0 atom stereocenters. The van der Waals surface area contributed by atoms with Crippen molar-refractivity contribution in [3.8, 4) is 0 Å². The van der Waals surface area contributed by atoms with E-state index in [0.29, 0.717) is 25.9 Å². The molecule has 5 heteroatoms. The number of likely N-dealkylation sites (tertiary alicyclic amines) is 1. The van der Waals surface area contributed by atoms with E-state index in [1.807, 2.05) is 39.8 Å². The Labute approximate surface area is 138 Å². The molecule has 23 heavy (non-hydrogen) atoms. The summed E-state index contributed by atoms with van der Waals surface area (Å²) in [5, 5.41) is 5.92. The first-order valence-corrected chi connectivity index (χ1v) is 8.30. The Bertz CT molecular complexity index is 576. The first kappa shape index (κ1) is 17.3. The molecular formula is C18H27N3O2. The van der Waals surface area contributed by atoms with E-state index in [1.54, 1.807) is 4.90 Å². The van der Waals surface area contributed by atoms with Crippen molar-refractivity contribution in [2.45, 2.75) is 46.6 Å². The number of benzene rings is 1. The van der Waals surface area contributed by atoms with Gasteiger partial charge in [-0.1, -0.05) is 17.7 Å². The number of amides is 3. The quantitative estimate of drug-likeness (QED) is 0.900. The Kier molecular flexibility index (Phi) is 5.64. The Morgan fingerprint density at radius 2 is 1.83 bits per heavy atom. The van der Waals surface area contributed by atoms with Crippen LogP contribution in [-0.2, 0) is 4.79 Å². The van der Waals surface area contributed by atoms with Gasteiger partial charge in [0.15, 0.2) is 0 Å². The highest BCUT2D eigenvalue weighted by atomic mass is 16.2. The molecule has 1 fully saturated rings. The highest BCUT2D eigenvalue weighted by Crippen LogP contribution is 2.22. The van der Waals surface area contributed by atoms with Crippen LogP contribution in [0.5, 0.6) is 0 Å². The maximum absolute atomic E-state index is 12.4. The summed E-state index contributed by atoms with van der Waals surface area (Å²) in [6.45, 7) is 9.19. The van der Waals surface area contributed by atoms with Gasteiger partial charge in [-0.15, -0.1) is 0 Å². The fourth-order valence-electron chi connectivity index (χ4n) is 2.87. The second-order valence-corrected chi connectivity index (χ2v) is 6.67. The largest absolute Gasteiger partial charge is 0.336 e.